The Morgan fingerprint density at radius 2 is 2.15 bits per heavy atom. The van der Waals surface area contributed by atoms with Crippen LogP contribution >= 0.6 is 11.3 Å². The summed E-state index contributed by atoms with van der Waals surface area (Å²) >= 11 is 1.69. The highest BCUT2D eigenvalue weighted by Gasteiger charge is 2.28. The molecule has 2 aliphatic rings. The van der Waals surface area contributed by atoms with E-state index in [4.69, 9.17) is 14.5 Å². The lowest BCUT2D eigenvalue weighted by Crippen LogP contribution is -2.18. The maximum Gasteiger partial charge on any atom is 0.225 e. The van der Waals surface area contributed by atoms with Crippen LogP contribution in [0, 0.1) is 0 Å². The van der Waals surface area contributed by atoms with Crippen LogP contribution in [0.3, 0.4) is 0 Å². The molecule has 140 valence electrons. The Hall–Kier alpha value is -2.32. The Morgan fingerprint density at radius 3 is 2.93 bits per heavy atom. The molecular weight excluding hydrogens is 362 g/mol. The molecule has 1 fully saturated rings. The molecule has 5 rings (SSSR count). The lowest BCUT2D eigenvalue weighted by molar-refractivity contribution is 0.138. The van der Waals surface area contributed by atoms with Crippen molar-refractivity contribution >= 4 is 11.3 Å². The first-order chi connectivity index (χ1) is 13.4. The van der Waals surface area contributed by atoms with Crippen LogP contribution in [-0.4, -0.2) is 44.9 Å². The van der Waals surface area contributed by atoms with Gasteiger partial charge in [0.05, 0.1) is 18.8 Å². The van der Waals surface area contributed by atoms with Crippen LogP contribution in [-0.2, 0) is 17.6 Å². The van der Waals surface area contributed by atoms with E-state index in [1.165, 1.54) is 24.0 Å². The second kappa shape index (κ2) is 7.36. The number of aromatic nitrogens is 5. The molecule has 1 aliphatic heterocycles. The van der Waals surface area contributed by atoms with Gasteiger partial charge in [0, 0.05) is 17.7 Å². The lowest BCUT2D eigenvalue weighted by Gasteiger charge is -2.20. The number of pyridine rings is 1. The molecule has 27 heavy (non-hydrogen) atoms. The summed E-state index contributed by atoms with van der Waals surface area (Å²) in [4.78, 5) is 4.97. The van der Waals surface area contributed by atoms with Crippen LogP contribution in [0.4, 0.5) is 0 Å². The van der Waals surface area contributed by atoms with Crippen LogP contribution < -0.4 is 4.74 Å². The van der Waals surface area contributed by atoms with Crippen LogP contribution in [0.1, 0.15) is 36.9 Å². The highest BCUT2D eigenvalue weighted by Crippen LogP contribution is 2.43. The van der Waals surface area contributed by atoms with Crippen LogP contribution in [0.2, 0.25) is 0 Å². The van der Waals surface area contributed by atoms with Gasteiger partial charge in [0.2, 0.25) is 5.88 Å². The third-order valence-electron chi connectivity index (χ3n) is 5.25. The second-order valence-corrected chi connectivity index (χ2v) is 7.80. The number of aryl methyl sites for hydroxylation is 1. The Labute approximate surface area is 161 Å². The number of fused-ring (bicyclic) bond motifs is 1. The summed E-state index contributed by atoms with van der Waals surface area (Å²) in [6.45, 7) is 1.33. The number of tetrazole rings is 1. The highest BCUT2D eigenvalue weighted by atomic mass is 32.1. The van der Waals surface area contributed by atoms with E-state index in [9.17, 15) is 0 Å². The number of H-pyrrole nitrogens is 1. The van der Waals surface area contributed by atoms with Crippen molar-refractivity contribution in [2.45, 2.75) is 44.6 Å². The summed E-state index contributed by atoms with van der Waals surface area (Å²) in [5, 5.41) is 19.0. The first-order valence-corrected chi connectivity index (χ1v) is 10.4. The number of hydrogen-bond acceptors (Lipinski definition) is 7. The Morgan fingerprint density at radius 1 is 1.19 bits per heavy atom. The minimum atomic E-state index is 0.0197. The van der Waals surface area contributed by atoms with Gasteiger partial charge in [-0.05, 0) is 64.1 Å². The fraction of sp³-hybridized carbons (Fsp3) is 0.474. The van der Waals surface area contributed by atoms with Gasteiger partial charge in [0.15, 0.2) is 5.82 Å². The zero-order valence-electron chi connectivity index (χ0n) is 15.0. The Kier molecular flexibility index (Phi) is 4.59. The van der Waals surface area contributed by atoms with E-state index in [1.54, 1.807) is 11.3 Å². The number of rotatable bonds is 4. The van der Waals surface area contributed by atoms with Crippen molar-refractivity contribution in [3.8, 4) is 28.4 Å². The fourth-order valence-electron chi connectivity index (χ4n) is 3.95. The van der Waals surface area contributed by atoms with E-state index in [2.05, 4.69) is 37.5 Å². The normalized spacial score (nSPS) is 19.6. The second-order valence-electron chi connectivity index (χ2n) is 7.02. The zero-order valence-corrected chi connectivity index (χ0v) is 15.8. The molecule has 3 aromatic rings. The molecule has 0 unspecified atom stereocenters. The molecule has 0 spiro atoms. The lowest BCUT2D eigenvalue weighted by atomic mass is 9.92. The molecule has 0 amide bonds. The Bertz CT molecular complexity index is 905. The summed E-state index contributed by atoms with van der Waals surface area (Å²) in [6, 6.07) is 2.15. The summed E-state index contributed by atoms with van der Waals surface area (Å²) in [7, 11) is 0. The van der Waals surface area contributed by atoms with E-state index in [-0.39, 0.29) is 6.10 Å². The smallest absolute Gasteiger partial charge is 0.225 e. The van der Waals surface area contributed by atoms with Gasteiger partial charge in [-0.25, -0.2) is 10.1 Å². The number of nitrogens with one attached hydrogen (secondary N) is 1. The maximum absolute atomic E-state index is 6.33. The van der Waals surface area contributed by atoms with Crippen molar-refractivity contribution in [1.29, 1.82) is 0 Å². The van der Waals surface area contributed by atoms with Crippen LogP contribution in [0.15, 0.2) is 16.8 Å². The quantitative estimate of drug-likeness (QED) is 0.695. The third kappa shape index (κ3) is 3.23. The van der Waals surface area contributed by atoms with Gasteiger partial charge in [0.25, 0.3) is 0 Å². The first kappa shape index (κ1) is 16.8. The molecule has 1 atom stereocenters. The predicted molar refractivity (Wildman–Crippen MR) is 102 cm³/mol. The van der Waals surface area contributed by atoms with Crippen molar-refractivity contribution < 1.29 is 9.47 Å². The van der Waals surface area contributed by atoms with Gasteiger partial charge in [0.1, 0.15) is 6.10 Å². The summed E-state index contributed by atoms with van der Waals surface area (Å²) in [5.74, 6) is 1.22. The van der Waals surface area contributed by atoms with Crippen molar-refractivity contribution in [3.05, 3.63) is 28.1 Å². The standard InChI is InChI=1S/C19H21N5O2S/c1-2-4-14-15(5-3-1)20-19(26-13-6-8-25-10-13)17(18-21-23-24-22-18)16(14)12-7-9-27-11-12/h7,9,11,13H,1-6,8,10H2,(H,21,22,23,24)/t13-/m0/s1. The van der Waals surface area contributed by atoms with Crippen molar-refractivity contribution in [2.75, 3.05) is 13.2 Å². The molecule has 8 heteroatoms. The summed E-state index contributed by atoms with van der Waals surface area (Å²) in [6.07, 6.45) is 6.47. The SMILES string of the molecule is c1cc(-c2c3c(nc(O[C@H]4CCOC4)c2-c2nnn[nH]2)CCCCC3)cs1. The molecule has 1 N–H and O–H groups in total. The number of ether oxygens (including phenoxy) is 2. The van der Waals surface area contributed by atoms with Gasteiger partial charge >= 0.3 is 0 Å². The molecule has 0 radical (unpaired) electrons. The average Bonchev–Trinajstić information content (AvgIpc) is 3.43. The molecular formula is C19H21N5O2S. The molecule has 7 nitrogen and oxygen atoms in total. The first-order valence-electron chi connectivity index (χ1n) is 9.47. The van der Waals surface area contributed by atoms with E-state index in [0.29, 0.717) is 18.3 Å². The van der Waals surface area contributed by atoms with Crippen LogP contribution in [0.5, 0.6) is 5.88 Å². The number of thiophene rings is 1. The topological polar surface area (TPSA) is 85.8 Å². The van der Waals surface area contributed by atoms with E-state index < -0.39 is 0 Å². The molecule has 1 aliphatic carbocycles. The van der Waals surface area contributed by atoms with Crippen molar-refractivity contribution in [2.24, 2.45) is 0 Å². The zero-order chi connectivity index (χ0) is 18.1. The van der Waals surface area contributed by atoms with Gasteiger partial charge in [-0.3, -0.25) is 0 Å². The Balaban J connectivity index is 1.74. The number of nitrogens with zero attached hydrogens (tertiary/aromatic N) is 4. The summed E-state index contributed by atoms with van der Waals surface area (Å²) < 4.78 is 11.8. The summed E-state index contributed by atoms with van der Waals surface area (Å²) in [5.41, 5.74) is 5.67. The minimum absolute atomic E-state index is 0.0197. The van der Waals surface area contributed by atoms with Crippen molar-refractivity contribution in [1.82, 2.24) is 25.6 Å². The predicted octanol–water partition coefficient (Wildman–Crippen LogP) is 3.43. The molecule has 1 saturated heterocycles. The maximum atomic E-state index is 6.33. The average molecular weight is 383 g/mol. The molecule has 0 aromatic carbocycles. The van der Waals surface area contributed by atoms with Gasteiger partial charge < -0.3 is 9.47 Å². The van der Waals surface area contributed by atoms with Crippen molar-refractivity contribution in [3.63, 3.8) is 0 Å². The fourth-order valence-corrected chi connectivity index (χ4v) is 4.60. The largest absolute Gasteiger partial charge is 0.471 e. The molecule has 0 bridgehead atoms. The van der Waals surface area contributed by atoms with Gasteiger partial charge in [-0.2, -0.15) is 11.3 Å². The molecule has 3 aromatic heterocycles. The van der Waals surface area contributed by atoms with Gasteiger partial charge in [-0.1, -0.05) is 6.42 Å². The molecule has 0 saturated carbocycles. The van der Waals surface area contributed by atoms with E-state index in [1.807, 2.05) is 0 Å². The van der Waals surface area contributed by atoms with E-state index in [0.717, 1.165) is 49.1 Å². The minimum Gasteiger partial charge on any atom is -0.471 e. The number of aromatic amines is 1. The molecule has 4 heterocycles. The van der Waals surface area contributed by atoms with Gasteiger partial charge in [-0.15, -0.1) is 5.10 Å². The van der Waals surface area contributed by atoms with E-state index >= 15 is 0 Å². The third-order valence-corrected chi connectivity index (χ3v) is 5.93. The highest BCUT2D eigenvalue weighted by molar-refractivity contribution is 7.08. The van der Waals surface area contributed by atoms with Crippen LogP contribution in [0.25, 0.3) is 22.5 Å². The number of hydrogen-bond donors (Lipinski definition) is 1. The monoisotopic (exact) mass is 383 g/mol.